The van der Waals surface area contributed by atoms with Crippen LogP contribution in [0.25, 0.3) is 0 Å². The lowest BCUT2D eigenvalue weighted by Crippen LogP contribution is -2.44. The van der Waals surface area contributed by atoms with E-state index in [-0.39, 0.29) is 22.9 Å². The van der Waals surface area contributed by atoms with Crippen molar-refractivity contribution in [2.45, 2.75) is 25.7 Å². The topological polar surface area (TPSA) is 131 Å². The molecule has 45 heavy (non-hydrogen) atoms. The maximum Gasteiger partial charge on any atom is 0.260 e. The Morgan fingerprint density at radius 3 is 2.24 bits per heavy atom. The molecule has 0 aromatic heterocycles. The molecule has 1 aliphatic rings. The zero-order valence-electron chi connectivity index (χ0n) is 26.2. The second kappa shape index (κ2) is 16.4. The van der Waals surface area contributed by atoms with Crippen molar-refractivity contribution < 1.29 is 23.9 Å². The lowest BCUT2D eigenvalue weighted by molar-refractivity contribution is 0.0990. The lowest BCUT2D eigenvalue weighted by Gasteiger charge is -2.34. The number of nitrogens with zero attached hydrogens (tertiary/aromatic N) is 3. The van der Waals surface area contributed by atoms with Gasteiger partial charge in [-0.2, -0.15) is 0 Å². The highest BCUT2D eigenvalue weighted by Gasteiger charge is 2.22. The van der Waals surface area contributed by atoms with Gasteiger partial charge in [0.15, 0.2) is 5.78 Å². The fourth-order valence-corrected chi connectivity index (χ4v) is 5.17. The molecule has 0 bridgehead atoms. The number of likely N-dealkylation sites (N-methyl/N-ethyl adjacent to an activating group) is 1. The van der Waals surface area contributed by atoms with Crippen molar-refractivity contribution >= 4 is 29.0 Å². The number of nitrogens with two attached hydrogens (primary N) is 2. The van der Waals surface area contributed by atoms with Crippen molar-refractivity contribution in [2.75, 3.05) is 70.7 Å². The molecule has 0 unspecified atom stereocenters. The van der Waals surface area contributed by atoms with Gasteiger partial charge in [-0.05, 0) is 75.7 Å². The first-order valence-electron chi connectivity index (χ1n) is 15.4. The van der Waals surface area contributed by atoms with E-state index in [1.165, 1.54) is 11.0 Å². The lowest BCUT2D eigenvalue weighted by atomic mass is 9.99. The zero-order valence-corrected chi connectivity index (χ0v) is 26.2. The predicted molar refractivity (Wildman–Crippen MR) is 177 cm³/mol. The Hall–Kier alpha value is -4.63. The van der Waals surface area contributed by atoms with Crippen LogP contribution in [0.4, 0.5) is 11.4 Å². The van der Waals surface area contributed by atoms with Crippen molar-refractivity contribution in [3.05, 3.63) is 89.1 Å². The number of anilines is 2. The van der Waals surface area contributed by atoms with Gasteiger partial charge in [0, 0.05) is 44.5 Å². The predicted octanol–water partition coefficient (Wildman–Crippen LogP) is 4.02. The molecule has 0 spiro atoms. The van der Waals surface area contributed by atoms with E-state index in [4.69, 9.17) is 20.9 Å². The number of hydrogen-bond donors (Lipinski definition) is 2. The zero-order chi connectivity index (χ0) is 32.2. The normalized spacial score (nSPS) is 13.2. The average Bonchev–Trinajstić information content (AvgIpc) is 3.06. The molecule has 0 atom stereocenters. The minimum Gasteiger partial charge on any atom is -0.493 e. The van der Waals surface area contributed by atoms with Crippen LogP contribution >= 0.6 is 0 Å². The Balaban J connectivity index is 1.37. The molecule has 0 aliphatic carbocycles. The van der Waals surface area contributed by atoms with Crippen molar-refractivity contribution in [3.8, 4) is 11.5 Å². The van der Waals surface area contributed by atoms with Crippen LogP contribution in [-0.2, 0) is 4.79 Å². The Bertz CT molecular complexity index is 1510. The average molecular weight is 614 g/mol. The number of rotatable bonds is 15. The highest BCUT2D eigenvalue weighted by molar-refractivity contribution is 6.14. The number of hydrogen-bond acceptors (Lipinski definition) is 9. The van der Waals surface area contributed by atoms with E-state index in [1.54, 1.807) is 43.4 Å². The van der Waals surface area contributed by atoms with Crippen molar-refractivity contribution in [1.29, 1.82) is 0 Å². The molecular formula is C35H43N5O5. The Morgan fingerprint density at radius 2 is 1.53 bits per heavy atom. The van der Waals surface area contributed by atoms with E-state index in [0.29, 0.717) is 60.9 Å². The minimum absolute atomic E-state index is 0.192. The van der Waals surface area contributed by atoms with E-state index in [0.717, 1.165) is 44.7 Å². The summed E-state index contributed by atoms with van der Waals surface area (Å²) in [5.41, 5.74) is 14.4. The molecule has 1 aliphatic heterocycles. The van der Waals surface area contributed by atoms with Gasteiger partial charge in [0.2, 0.25) is 0 Å². The molecule has 1 saturated heterocycles. The number of piperazine rings is 1. The first-order chi connectivity index (χ1) is 21.8. The van der Waals surface area contributed by atoms with Gasteiger partial charge in [0.25, 0.3) is 5.91 Å². The number of unbranched alkanes of at least 4 members (excludes halogenated alkanes) is 1. The van der Waals surface area contributed by atoms with Gasteiger partial charge in [-0.1, -0.05) is 30.3 Å². The number of carbonyl (C=O) groups is 2. The fourth-order valence-electron chi connectivity index (χ4n) is 5.17. The van der Waals surface area contributed by atoms with Crippen LogP contribution in [0, 0.1) is 0 Å². The monoisotopic (exact) mass is 613 g/mol. The molecule has 4 N–H and O–H groups in total. The van der Waals surface area contributed by atoms with Crippen LogP contribution in [0.5, 0.6) is 11.5 Å². The van der Waals surface area contributed by atoms with Crippen molar-refractivity contribution in [1.82, 2.24) is 9.80 Å². The minimum atomic E-state index is -0.332. The third-order valence-corrected chi connectivity index (χ3v) is 7.88. The summed E-state index contributed by atoms with van der Waals surface area (Å²) in [7, 11) is 3.74. The summed E-state index contributed by atoms with van der Waals surface area (Å²) in [6.45, 7) is 4.89. The molecular weight excluding hydrogens is 570 g/mol. The molecule has 0 saturated carbocycles. The van der Waals surface area contributed by atoms with E-state index in [9.17, 15) is 14.4 Å². The Morgan fingerprint density at radius 1 is 0.867 bits per heavy atom. The van der Waals surface area contributed by atoms with Crippen LogP contribution in [-0.4, -0.2) is 87.5 Å². The van der Waals surface area contributed by atoms with E-state index in [2.05, 4.69) is 22.8 Å². The first-order valence-corrected chi connectivity index (χ1v) is 15.4. The number of carbonyl (C=O) groups excluding carboxylic acids is 3. The van der Waals surface area contributed by atoms with Crippen LogP contribution in [0.15, 0.2) is 72.4 Å². The third-order valence-electron chi connectivity index (χ3n) is 7.88. The molecule has 10 nitrogen and oxygen atoms in total. The number of para-hydroxylation sites is 3. The van der Waals surface area contributed by atoms with Gasteiger partial charge >= 0.3 is 0 Å². The van der Waals surface area contributed by atoms with Gasteiger partial charge in [-0.15, -0.1) is 0 Å². The van der Waals surface area contributed by atoms with Crippen LogP contribution in [0.2, 0.25) is 0 Å². The summed E-state index contributed by atoms with van der Waals surface area (Å²) in [5, 5.41) is 0. The number of nitrogen functional groups attached to an aromatic ring is 1. The summed E-state index contributed by atoms with van der Waals surface area (Å²) < 4.78 is 11.8. The number of ether oxygens (including phenoxy) is 2. The summed E-state index contributed by atoms with van der Waals surface area (Å²) >= 11 is 0. The maximum atomic E-state index is 13.6. The third kappa shape index (κ3) is 8.73. The molecule has 1 fully saturated rings. The fraction of sp³-hybridized carbons (Fsp3) is 0.371. The van der Waals surface area contributed by atoms with Gasteiger partial charge in [-0.3, -0.25) is 9.59 Å². The molecule has 1 amide bonds. The SMILES string of the molecule is CN1CCN(C(=C=O)CCCCOc2ccccc2N(C)C(=O)c2ccc(C(=O)c3ccccc3OCCCN)cc2N)CC1. The van der Waals surface area contributed by atoms with E-state index in [1.807, 2.05) is 24.3 Å². The van der Waals surface area contributed by atoms with Gasteiger partial charge in [0.1, 0.15) is 17.4 Å². The van der Waals surface area contributed by atoms with Crippen molar-refractivity contribution in [2.24, 2.45) is 5.73 Å². The molecule has 1 heterocycles. The highest BCUT2D eigenvalue weighted by Crippen LogP contribution is 2.30. The summed E-state index contributed by atoms with van der Waals surface area (Å²) in [6, 6.07) is 19.0. The Labute approximate surface area is 265 Å². The molecule has 3 aromatic rings. The van der Waals surface area contributed by atoms with Crippen LogP contribution in [0.1, 0.15) is 52.0 Å². The molecule has 4 rings (SSSR count). The quantitative estimate of drug-likeness (QED) is 0.113. The number of benzene rings is 3. The Kier molecular flexibility index (Phi) is 12.2. The second-order valence-electron chi connectivity index (χ2n) is 11.1. The summed E-state index contributed by atoms with van der Waals surface area (Å²) in [5.74, 6) is 2.58. The van der Waals surface area contributed by atoms with Crippen LogP contribution < -0.4 is 25.8 Å². The number of amides is 1. The summed E-state index contributed by atoms with van der Waals surface area (Å²) in [4.78, 5) is 44.3. The van der Waals surface area contributed by atoms with E-state index >= 15 is 0 Å². The highest BCUT2D eigenvalue weighted by atomic mass is 16.5. The number of allylic oxidation sites excluding steroid dienone is 1. The largest absolute Gasteiger partial charge is 0.493 e. The maximum absolute atomic E-state index is 13.6. The van der Waals surface area contributed by atoms with Gasteiger partial charge in [0.05, 0.1) is 35.7 Å². The molecule has 3 aromatic carbocycles. The smallest absolute Gasteiger partial charge is 0.260 e. The first kappa shape index (κ1) is 33.3. The molecule has 238 valence electrons. The standard InChI is InChI=1S/C35H43N5O5/c1-38-18-20-40(21-19-38)27(25-41)10-7-8-22-45-33-14-6-4-12-31(33)39(2)35(43)28-16-15-26(24-30(28)37)34(42)29-11-3-5-13-32(29)44-23-9-17-36/h3-6,11-16,24H,7-10,17-23,36-37H2,1-2H3. The second-order valence-corrected chi connectivity index (χ2v) is 11.1. The van der Waals surface area contributed by atoms with Crippen molar-refractivity contribution in [3.63, 3.8) is 0 Å². The van der Waals surface area contributed by atoms with Gasteiger partial charge < -0.3 is 35.6 Å². The van der Waals surface area contributed by atoms with Gasteiger partial charge in [-0.25, -0.2) is 4.79 Å². The number of ketones is 1. The van der Waals surface area contributed by atoms with Crippen LogP contribution in [0.3, 0.4) is 0 Å². The molecule has 0 radical (unpaired) electrons. The van der Waals surface area contributed by atoms with E-state index < -0.39 is 0 Å². The summed E-state index contributed by atoms with van der Waals surface area (Å²) in [6.07, 6.45) is 2.86. The molecule has 10 heteroatoms.